The summed E-state index contributed by atoms with van der Waals surface area (Å²) in [5, 5.41) is 9.95. The van der Waals surface area contributed by atoms with E-state index in [0.717, 1.165) is 6.07 Å². The van der Waals surface area contributed by atoms with Gasteiger partial charge >= 0.3 is 0 Å². The number of aliphatic hydroxyl groups excluding tert-OH is 1. The lowest BCUT2D eigenvalue weighted by atomic mass is 10.1. The van der Waals surface area contributed by atoms with Crippen molar-refractivity contribution in [1.82, 2.24) is 4.98 Å². The number of aliphatic hydroxyl groups is 1. The minimum absolute atomic E-state index is 0.286. The summed E-state index contributed by atoms with van der Waals surface area (Å²) in [6.45, 7) is -0.286. The van der Waals surface area contributed by atoms with E-state index in [1.165, 1.54) is 18.2 Å². The van der Waals surface area contributed by atoms with Crippen LogP contribution in [0.2, 0.25) is 15.1 Å². The van der Waals surface area contributed by atoms with Gasteiger partial charge in [-0.3, -0.25) is 0 Å². The molecular weight excluding hydrogens is 299 g/mol. The van der Waals surface area contributed by atoms with Gasteiger partial charge in [0.1, 0.15) is 0 Å². The van der Waals surface area contributed by atoms with Gasteiger partial charge < -0.3 is 5.11 Å². The van der Waals surface area contributed by atoms with Crippen molar-refractivity contribution in [2.75, 3.05) is 0 Å². The van der Waals surface area contributed by atoms with Crippen molar-refractivity contribution in [2.24, 2.45) is 0 Å². The summed E-state index contributed by atoms with van der Waals surface area (Å²) in [7, 11) is 0. The molecule has 0 atom stereocenters. The number of nitrogens with zero attached hydrogens (tertiary/aromatic N) is 1. The Morgan fingerprint density at radius 1 is 1.00 bits per heavy atom. The van der Waals surface area contributed by atoms with E-state index < -0.39 is 5.95 Å². The fourth-order valence-electron chi connectivity index (χ4n) is 1.50. The summed E-state index contributed by atoms with van der Waals surface area (Å²) in [5.74, 6) is -0.696. The van der Waals surface area contributed by atoms with Gasteiger partial charge in [-0.05, 0) is 29.8 Å². The van der Waals surface area contributed by atoms with Gasteiger partial charge in [0.25, 0.3) is 0 Å². The Morgan fingerprint density at radius 2 is 1.67 bits per heavy atom. The van der Waals surface area contributed by atoms with Gasteiger partial charge in [-0.2, -0.15) is 4.39 Å². The standard InChI is InChI=1S/C12H7Cl3FNO/c13-8-4-10(15)9(14)3-7(8)11-1-6(5-18)2-12(16)17-11/h1-4,18H,5H2. The van der Waals surface area contributed by atoms with Crippen LogP contribution >= 0.6 is 34.8 Å². The first-order valence-corrected chi connectivity index (χ1v) is 6.07. The first-order chi connectivity index (χ1) is 8.51. The molecule has 6 heteroatoms. The second-order valence-electron chi connectivity index (χ2n) is 3.59. The van der Waals surface area contributed by atoms with Crippen LogP contribution in [0.4, 0.5) is 4.39 Å². The fraction of sp³-hybridized carbons (Fsp3) is 0.0833. The van der Waals surface area contributed by atoms with Crippen LogP contribution in [0.5, 0.6) is 0 Å². The van der Waals surface area contributed by atoms with Crippen molar-refractivity contribution in [3.05, 3.63) is 50.8 Å². The Kier molecular flexibility index (Phi) is 4.07. The summed E-state index contributed by atoms with van der Waals surface area (Å²) in [4.78, 5) is 3.72. The molecular formula is C12H7Cl3FNO. The van der Waals surface area contributed by atoms with Crippen molar-refractivity contribution in [2.45, 2.75) is 6.61 Å². The normalized spacial score (nSPS) is 10.7. The zero-order valence-electron chi connectivity index (χ0n) is 8.92. The van der Waals surface area contributed by atoms with E-state index in [1.54, 1.807) is 0 Å². The molecule has 94 valence electrons. The van der Waals surface area contributed by atoms with Gasteiger partial charge in [0, 0.05) is 5.56 Å². The zero-order chi connectivity index (χ0) is 13.3. The van der Waals surface area contributed by atoms with Crippen LogP contribution < -0.4 is 0 Å². The Bertz CT molecular complexity index is 604. The molecule has 2 aromatic rings. The maximum Gasteiger partial charge on any atom is 0.213 e. The topological polar surface area (TPSA) is 33.1 Å². The molecule has 1 heterocycles. The molecule has 0 amide bonds. The zero-order valence-corrected chi connectivity index (χ0v) is 11.2. The summed E-state index contributed by atoms with van der Waals surface area (Å²) in [6.07, 6.45) is 0. The average Bonchev–Trinajstić information content (AvgIpc) is 2.33. The van der Waals surface area contributed by atoms with Gasteiger partial charge in [0.2, 0.25) is 5.95 Å². The molecule has 0 aliphatic heterocycles. The lowest BCUT2D eigenvalue weighted by Gasteiger charge is -2.07. The molecule has 18 heavy (non-hydrogen) atoms. The summed E-state index contributed by atoms with van der Waals surface area (Å²) in [5.41, 5.74) is 1.16. The van der Waals surface area contributed by atoms with E-state index in [9.17, 15) is 4.39 Å². The predicted molar refractivity (Wildman–Crippen MR) is 70.6 cm³/mol. The van der Waals surface area contributed by atoms with E-state index in [-0.39, 0.29) is 6.61 Å². The van der Waals surface area contributed by atoms with Crippen molar-refractivity contribution in [1.29, 1.82) is 0 Å². The highest BCUT2D eigenvalue weighted by Crippen LogP contribution is 2.34. The third-order valence-electron chi connectivity index (χ3n) is 2.32. The second-order valence-corrected chi connectivity index (χ2v) is 4.81. The molecule has 2 rings (SSSR count). The average molecular weight is 307 g/mol. The minimum Gasteiger partial charge on any atom is -0.392 e. The van der Waals surface area contributed by atoms with Crippen molar-refractivity contribution in [3.8, 4) is 11.3 Å². The molecule has 1 aromatic carbocycles. The van der Waals surface area contributed by atoms with Crippen LogP contribution in [-0.2, 0) is 6.61 Å². The number of benzene rings is 1. The Balaban J connectivity index is 2.61. The lowest BCUT2D eigenvalue weighted by molar-refractivity contribution is 0.281. The number of halogens is 4. The van der Waals surface area contributed by atoms with Gasteiger partial charge in [0.05, 0.1) is 27.4 Å². The van der Waals surface area contributed by atoms with Gasteiger partial charge in [-0.1, -0.05) is 34.8 Å². The lowest BCUT2D eigenvalue weighted by Crippen LogP contribution is -1.94. The fourth-order valence-corrected chi connectivity index (χ4v) is 2.14. The first-order valence-electron chi connectivity index (χ1n) is 4.93. The van der Waals surface area contributed by atoms with Crippen LogP contribution in [0.15, 0.2) is 24.3 Å². The molecule has 0 saturated carbocycles. The quantitative estimate of drug-likeness (QED) is 0.661. The van der Waals surface area contributed by atoms with E-state index in [4.69, 9.17) is 39.9 Å². The monoisotopic (exact) mass is 305 g/mol. The smallest absolute Gasteiger partial charge is 0.213 e. The van der Waals surface area contributed by atoms with E-state index in [1.807, 2.05) is 0 Å². The predicted octanol–water partition coefficient (Wildman–Crippen LogP) is 4.34. The van der Waals surface area contributed by atoms with E-state index >= 15 is 0 Å². The summed E-state index contributed by atoms with van der Waals surface area (Å²) in [6, 6.07) is 5.66. The number of hydrogen-bond acceptors (Lipinski definition) is 2. The third-order valence-corrected chi connectivity index (χ3v) is 3.36. The number of pyridine rings is 1. The molecule has 0 fully saturated rings. The molecule has 0 aliphatic rings. The SMILES string of the molecule is OCc1cc(F)nc(-c2cc(Cl)c(Cl)cc2Cl)c1. The molecule has 0 radical (unpaired) electrons. The van der Waals surface area contributed by atoms with Crippen LogP contribution in [0, 0.1) is 5.95 Å². The molecule has 0 saturated heterocycles. The van der Waals surface area contributed by atoms with E-state index in [2.05, 4.69) is 4.98 Å². The molecule has 1 aromatic heterocycles. The highest BCUT2D eigenvalue weighted by molar-refractivity contribution is 6.44. The molecule has 2 nitrogen and oxygen atoms in total. The minimum atomic E-state index is -0.696. The van der Waals surface area contributed by atoms with Crippen LogP contribution in [0.3, 0.4) is 0 Å². The van der Waals surface area contributed by atoms with Crippen LogP contribution in [-0.4, -0.2) is 10.1 Å². The Morgan fingerprint density at radius 3 is 2.33 bits per heavy atom. The number of aromatic nitrogens is 1. The van der Waals surface area contributed by atoms with Crippen LogP contribution in [0.1, 0.15) is 5.56 Å². The number of hydrogen-bond donors (Lipinski definition) is 1. The Labute approximate surface area is 118 Å². The second kappa shape index (κ2) is 5.41. The maximum atomic E-state index is 13.3. The van der Waals surface area contributed by atoms with Gasteiger partial charge in [-0.15, -0.1) is 0 Å². The van der Waals surface area contributed by atoms with Crippen molar-refractivity contribution < 1.29 is 9.50 Å². The molecule has 0 unspecified atom stereocenters. The van der Waals surface area contributed by atoms with Crippen molar-refractivity contribution in [3.63, 3.8) is 0 Å². The molecule has 0 spiro atoms. The largest absolute Gasteiger partial charge is 0.392 e. The molecule has 0 aliphatic carbocycles. The van der Waals surface area contributed by atoms with Crippen molar-refractivity contribution >= 4 is 34.8 Å². The van der Waals surface area contributed by atoms with E-state index in [0.29, 0.717) is 31.9 Å². The Hall–Kier alpha value is -0.870. The van der Waals surface area contributed by atoms with Gasteiger partial charge in [-0.25, -0.2) is 4.98 Å². The summed E-state index contributed by atoms with van der Waals surface area (Å²) >= 11 is 17.7. The summed E-state index contributed by atoms with van der Waals surface area (Å²) < 4.78 is 13.3. The molecule has 1 N–H and O–H groups in total. The number of rotatable bonds is 2. The highest BCUT2D eigenvalue weighted by atomic mass is 35.5. The maximum absolute atomic E-state index is 13.3. The third kappa shape index (κ3) is 2.75. The highest BCUT2D eigenvalue weighted by Gasteiger charge is 2.11. The first kappa shape index (κ1) is 13.6. The van der Waals surface area contributed by atoms with Crippen LogP contribution in [0.25, 0.3) is 11.3 Å². The molecule has 0 bridgehead atoms. The van der Waals surface area contributed by atoms with Gasteiger partial charge in [0.15, 0.2) is 0 Å².